The van der Waals surface area contributed by atoms with E-state index in [1.54, 1.807) is 37.5 Å². The molecule has 0 aliphatic rings. The molecule has 28 heavy (non-hydrogen) atoms. The maximum absolute atomic E-state index is 12.1. The quantitative estimate of drug-likeness (QED) is 0.503. The Morgan fingerprint density at radius 2 is 1.96 bits per heavy atom. The number of rotatable bonds is 3. The Balaban J connectivity index is 2.06. The fourth-order valence-corrected chi connectivity index (χ4v) is 3.34. The molecule has 0 aliphatic heterocycles. The zero-order valence-electron chi connectivity index (χ0n) is 15.6. The van der Waals surface area contributed by atoms with Gasteiger partial charge in [0.1, 0.15) is 11.6 Å². The SMILES string of the molecule is Cc1coc(-c2nc3c(C(N)=O)cc(-c4c(C)ccc(O)c4C)c(N)n3n2)c1. The zero-order valence-corrected chi connectivity index (χ0v) is 15.6. The maximum Gasteiger partial charge on any atom is 0.252 e. The first-order chi connectivity index (χ1) is 13.3. The van der Waals surface area contributed by atoms with Crippen LogP contribution in [0.2, 0.25) is 0 Å². The van der Waals surface area contributed by atoms with E-state index in [1.807, 2.05) is 13.8 Å². The summed E-state index contributed by atoms with van der Waals surface area (Å²) < 4.78 is 6.84. The highest BCUT2D eigenvalue weighted by Crippen LogP contribution is 2.37. The number of anilines is 1. The normalized spacial score (nSPS) is 11.2. The summed E-state index contributed by atoms with van der Waals surface area (Å²) in [6.07, 6.45) is 1.59. The molecule has 8 heteroatoms. The minimum atomic E-state index is -0.656. The second kappa shape index (κ2) is 6.12. The number of carbonyl (C=O) groups excluding carboxylic acids is 1. The van der Waals surface area contributed by atoms with Gasteiger partial charge in [-0.1, -0.05) is 6.07 Å². The highest BCUT2D eigenvalue weighted by Gasteiger charge is 2.22. The van der Waals surface area contributed by atoms with Crippen LogP contribution in [-0.4, -0.2) is 25.6 Å². The summed E-state index contributed by atoms with van der Waals surface area (Å²) in [4.78, 5) is 16.5. The number of benzene rings is 1. The Kier molecular flexibility index (Phi) is 3.85. The van der Waals surface area contributed by atoms with Crippen molar-refractivity contribution in [2.24, 2.45) is 5.73 Å². The molecular weight excluding hydrogens is 358 g/mol. The van der Waals surface area contributed by atoms with E-state index in [9.17, 15) is 9.90 Å². The monoisotopic (exact) mass is 377 g/mol. The van der Waals surface area contributed by atoms with E-state index in [0.717, 1.165) is 11.1 Å². The van der Waals surface area contributed by atoms with E-state index in [0.29, 0.717) is 28.3 Å². The van der Waals surface area contributed by atoms with Crippen LogP contribution in [0.5, 0.6) is 5.75 Å². The van der Waals surface area contributed by atoms with Crippen LogP contribution < -0.4 is 11.5 Å². The number of hydrogen-bond donors (Lipinski definition) is 3. The molecule has 1 aromatic carbocycles. The zero-order chi connectivity index (χ0) is 20.2. The van der Waals surface area contributed by atoms with Crippen LogP contribution in [0, 0.1) is 20.8 Å². The third-order valence-electron chi connectivity index (χ3n) is 4.77. The van der Waals surface area contributed by atoms with Crippen molar-refractivity contribution < 1.29 is 14.3 Å². The molecule has 0 bridgehead atoms. The first kappa shape index (κ1) is 17.6. The summed E-state index contributed by atoms with van der Waals surface area (Å²) >= 11 is 0. The number of phenolic OH excluding ortho intramolecular Hbond substituents is 1. The number of hydrogen-bond acceptors (Lipinski definition) is 6. The third-order valence-corrected chi connectivity index (χ3v) is 4.77. The number of amides is 1. The predicted molar refractivity (Wildman–Crippen MR) is 105 cm³/mol. The molecule has 0 radical (unpaired) electrons. The molecule has 4 aromatic rings. The van der Waals surface area contributed by atoms with E-state index in [-0.39, 0.29) is 22.8 Å². The van der Waals surface area contributed by atoms with E-state index in [2.05, 4.69) is 10.1 Å². The van der Waals surface area contributed by atoms with Gasteiger partial charge in [0, 0.05) is 5.56 Å². The van der Waals surface area contributed by atoms with Crippen molar-refractivity contribution in [2.45, 2.75) is 20.8 Å². The van der Waals surface area contributed by atoms with Gasteiger partial charge < -0.3 is 21.0 Å². The average Bonchev–Trinajstić information content (AvgIpc) is 3.27. The first-order valence-corrected chi connectivity index (χ1v) is 8.62. The number of phenols is 1. The van der Waals surface area contributed by atoms with Crippen molar-refractivity contribution in [2.75, 3.05) is 5.73 Å². The molecule has 0 unspecified atom stereocenters. The molecule has 8 nitrogen and oxygen atoms in total. The highest BCUT2D eigenvalue weighted by atomic mass is 16.3. The summed E-state index contributed by atoms with van der Waals surface area (Å²) in [5.41, 5.74) is 16.1. The van der Waals surface area contributed by atoms with Gasteiger partial charge in [0.15, 0.2) is 11.4 Å². The van der Waals surface area contributed by atoms with Crippen LogP contribution in [0.15, 0.2) is 34.9 Å². The molecular formula is C20H19N5O3. The highest BCUT2D eigenvalue weighted by molar-refractivity contribution is 6.01. The van der Waals surface area contributed by atoms with E-state index >= 15 is 0 Å². The van der Waals surface area contributed by atoms with Crippen LogP contribution >= 0.6 is 0 Å². The Morgan fingerprint density at radius 1 is 1.21 bits per heavy atom. The molecule has 0 aliphatic carbocycles. The number of nitrogens with zero attached hydrogens (tertiary/aromatic N) is 3. The molecule has 3 heterocycles. The molecule has 0 fully saturated rings. The largest absolute Gasteiger partial charge is 0.508 e. The van der Waals surface area contributed by atoms with Gasteiger partial charge in [0.25, 0.3) is 5.91 Å². The van der Waals surface area contributed by atoms with Gasteiger partial charge in [-0.15, -0.1) is 5.10 Å². The predicted octanol–water partition coefficient (Wildman–Crippen LogP) is 2.97. The van der Waals surface area contributed by atoms with Crippen LogP contribution in [0.4, 0.5) is 5.82 Å². The van der Waals surface area contributed by atoms with Crippen molar-refractivity contribution >= 4 is 17.4 Å². The Bertz CT molecular complexity index is 1250. The van der Waals surface area contributed by atoms with Gasteiger partial charge in [-0.25, -0.2) is 4.98 Å². The van der Waals surface area contributed by atoms with Crippen LogP contribution in [0.25, 0.3) is 28.4 Å². The van der Waals surface area contributed by atoms with Crippen molar-refractivity contribution in [1.82, 2.24) is 14.6 Å². The van der Waals surface area contributed by atoms with Gasteiger partial charge in [0.05, 0.1) is 11.8 Å². The smallest absolute Gasteiger partial charge is 0.252 e. The number of furan rings is 1. The topological polar surface area (TPSA) is 133 Å². The second-order valence-corrected chi connectivity index (χ2v) is 6.78. The molecule has 0 spiro atoms. The number of aromatic hydroxyl groups is 1. The summed E-state index contributed by atoms with van der Waals surface area (Å²) in [5, 5.41) is 14.6. The average molecular weight is 377 g/mol. The van der Waals surface area contributed by atoms with Gasteiger partial charge >= 0.3 is 0 Å². The lowest BCUT2D eigenvalue weighted by molar-refractivity contribution is 0.100. The van der Waals surface area contributed by atoms with E-state index in [4.69, 9.17) is 15.9 Å². The van der Waals surface area contributed by atoms with E-state index < -0.39 is 5.91 Å². The maximum atomic E-state index is 12.1. The van der Waals surface area contributed by atoms with Crippen molar-refractivity contribution in [3.8, 4) is 28.5 Å². The minimum absolute atomic E-state index is 0.131. The van der Waals surface area contributed by atoms with Crippen LogP contribution in [-0.2, 0) is 0 Å². The minimum Gasteiger partial charge on any atom is -0.508 e. The molecule has 0 saturated heterocycles. The molecule has 4 rings (SSSR count). The summed E-state index contributed by atoms with van der Waals surface area (Å²) in [7, 11) is 0. The van der Waals surface area contributed by atoms with Crippen molar-refractivity contribution in [1.29, 1.82) is 0 Å². The Hall–Kier alpha value is -3.81. The summed E-state index contributed by atoms with van der Waals surface area (Å²) in [5.74, 6) is 0.507. The number of primary amides is 1. The molecule has 1 amide bonds. The fraction of sp³-hybridized carbons (Fsp3) is 0.150. The van der Waals surface area contributed by atoms with Crippen molar-refractivity contribution in [3.05, 3.63) is 52.8 Å². The molecule has 5 N–H and O–H groups in total. The molecule has 0 saturated carbocycles. The number of pyridine rings is 1. The number of aromatic nitrogens is 3. The van der Waals surface area contributed by atoms with Gasteiger partial charge in [-0.3, -0.25) is 4.79 Å². The summed E-state index contributed by atoms with van der Waals surface area (Å²) in [6, 6.07) is 6.78. The van der Waals surface area contributed by atoms with Crippen LogP contribution in [0.1, 0.15) is 27.0 Å². The number of fused-ring (bicyclic) bond motifs is 1. The van der Waals surface area contributed by atoms with E-state index in [1.165, 1.54) is 4.52 Å². The second-order valence-electron chi connectivity index (χ2n) is 6.78. The lowest BCUT2D eigenvalue weighted by Gasteiger charge is -2.15. The number of carbonyl (C=O) groups is 1. The fourth-order valence-electron chi connectivity index (χ4n) is 3.34. The van der Waals surface area contributed by atoms with Gasteiger partial charge in [-0.05, 0) is 61.2 Å². The Morgan fingerprint density at radius 3 is 2.61 bits per heavy atom. The number of aryl methyl sites for hydroxylation is 2. The first-order valence-electron chi connectivity index (χ1n) is 8.62. The summed E-state index contributed by atoms with van der Waals surface area (Å²) in [6.45, 7) is 5.56. The molecule has 3 aromatic heterocycles. The molecule has 0 atom stereocenters. The van der Waals surface area contributed by atoms with Gasteiger partial charge in [-0.2, -0.15) is 4.52 Å². The van der Waals surface area contributed by atoms with Crippen LogP contribution in [0.3, 0.4) is 0 Å². The number of nitrogens with two attached hydrogens (primary N) is 2. The third kappa shape index (κ3) is 2.58. The number of nitrogen functional groups attached to an aromatic ring is 1. The molecule has 142 valence electrons. The Labute approximate surface area is 160 Å². The van der Waals surface area contributed by atoms with Crippen molar-refractivity contribution in [3.63, 3.8) is 0 Å². The lowest BCUT2D eigenvalue weighted by atomic mass is 9.94. The van der Waals surface area contributed by atoms with Gasteiger partial charge in [0.2, 0.25) is 5.82 Å². The standard InChI is InChI=1S/C20H19N5O3/c1-9-6-15(28-8-9)19-23-20-13(18(22)27)7-12(17(21)25(20)24-19)16-10(2)4-5-14(26)11(16)3/h4-8,26H,21H2,1-3H3,(H2,22,27). The lowest BCUT2D eigenvalue weighted by Crippen LogP contribution is -2.15.